The molecule has 0 unspecified atom stereocenters. The first-order chi connectivity index (χ1) is 12.8. The number of rotatable bonds is 7. The molecule has 1 aromatic rings. The summed E-state index contributed by atoms with van der Waals surface area (Å²) in [7, 11) is 0. The summed E-state index contributed by atoms with van der Waals surface area (Å²) >= 11 is 0. The molecule has 9 nitrogen and oxygen atoms in total. The smallest absolute Gasteiger partial charge is 0.252 e. The Balaban J connectivity index is 1.51. The Morgan fingerprint density at radius 3 is 2.52 bits per heavy atom. The Kier molecular flexibility index (Phi) is 5.02. The van der Waals surface area contributed by atoms with Crippen molar-refractivity contribution in [2.24, 2.45) is 17.1 Å². The molecule has 4 amide bonds. The second-order valence-electron chi connectivity index (χ2n) is 7.20. The molecule has 2 aliphatic rings. The number of hydrogen-bond donors (Lipinski definition) is 5. The number of nitrogens with two attached hydrogens (primary N) is 1. The number of primary amides is 1. The van der Waals surface area contributed by atoms with Crippen LogP contribution in [0.1, 0.15) is 40.0 Å². The molecular formula is C18H22N4O5. The number of aromatic hydroxyl groups is 1. The third-order valence-electron chi connectivity index (χ3n) is 5.09. The van der Waals surface area contributed by atoms with Crippen LogP contribution in [0.25, 0.3) is 0 Å². The lowest BCUT2D eigenvalue weighted by atomic mass is 10.0. The first-order valence-corrected chi connectivity index (χ1v) is 8.75. The van der Waals surface area contributed by atoms with Gasteiger partial charge in [0.25, 0.3) is 11.8 Å². The second-order valence-corrected chi connectivity index (χ2v) is 7.20. The summed E-state index contributed by atoms with van der Waals surface area (Å²) in [4.78, 5) is 46.9. The molecule has 0 aromatic heterocycles. The van der Waals surface area contributed by atoms with Crippen LogP contribution in [0.15, 0.2) is 18.2 Å². The summed E-state index contributed by atoms with van der Waals surface area (Å²) in [6.07, 6.45) is 1.95. The molecular weight excluding hydrogens is 352 g/mol. The molecule has 0 spiro atoms. The average molecular weight is 374 g/mol. The number of carbonyl (C=O) groups excluding carboxylic acids is 4. The standard InChI is InChI=1S/C18H22N4O5/c19-15(25)12-5-10(1-2-13(12)23)16(26)21-8-18(3-4-18)9-22-17(27)11-6-14(24)20-7-11/h1-2,5,11,23H,3-4,6-9H2,(H2,19,25)(H,20,24)(H,21,26)(H,22,27)/t11-/m1/s1. The van der Waals surface area contributed by atoms with Crippen molar-refractivity contribution in [3.63, 3.8) is 0 Å². The molecule has 0 radical (unpaired) electrons. The van der Waals surface area contributed by atoms with Crippen molar-refractivity contribution >= 4 is 23.6 Å². The Hall–Kier alpha value is -3.10. The minimum absolute atomic E-state index is 0.115. The van der Waals surface area contributed by atoms with E-state index in [1.807, 2.05) is 0 Å². The lowest BCUT2D eigenvalue weighted by Gasteiger charge is -2.18. The van der Waals surface area contributed by atoms with E-state index in [0.717, 1.165) is 12.8 Å². The summed E-state index contributed by atoms with van der Waals surface area (Å²) in [5, 5.41) is 17.9. The second kappa shape index (κ2) is 7.26. The first-order valence-electron chi connectivity index (χ1n) is 8.75. The molecule has 2 fully saturated rings. The van der Waals surface area contributed by atoms with Crippen molar-refractivity contribution < 1.29 is 24.3 Å². The lowest BCUT2D eigenvalue weighted by Crippen LogP contribution is -2.40. The maximum Gasteiger partial charge on any atom is 0.252 e. The third-order valence-corrected chi connectivity index (χ3v) is 5.09. The fourth-order valence-corrected chi connectivity index (χ4v) is 3.05. The number of carbonyl (C=O) groups is 4. The third kappa shape index (κ3) is 4.36. The van der Waals surface area contributed by atoms with Crippen LogP contribution in [0.5, 0.6) is 5.75 Å². The van der Waals surface area contributed by atoms with Crippen LogP contribution in [0.2, 0.25) is 0 Å². The fourth-order valence-electron chi connectivity index (χ4n) is 3.05. The van der Waals surface area contributed by atoms with Crippen LogP contribution in [0, 0.1) is 11.3 Å². The van der Waals surface area contributed by atoms with Crippen molar-refractivity contribution in [3.05, 3.63) is 29.3 Å². The number of benzene rings is 1. The lowest BCUT2D eigenvalue weighted by molar-refractivity contribution is -0.126. The Morgan fingerprint density at radius 1 is 1.22 bits per heavy atom. The maximum atomic E-state index is 12.3. The summed E-state index contributed by atoms with van der Waals surface area (Å²) in [6, 6.07) is 3.90. The van der Waals surface area contributed by atoms with Crippen LogP contribution in [-0.2, 0) is 9.59 Å². The Bertz CT molecular complexity index is 803. The summed E-state index contributed by atoms with van der Waals surface area (Å²) < 4.78 is 0. The summed E-state index contributed by atoms with van der Waals surface area (Å²) in [5.74, 6) is -2.10. The highest BCUT2D eigenvalue weighted by molar-refractivity contribution is 6.00. The largest absolute Gasteiger partial charge is 0.507 e. The van der Waals surface area contributed by atoms with Gasteiger partial charge in [-0.15, -0.1) is 0 Å². The van der Waals surface area contributed by atoms with Crippen molar-refractivity contribution in [1.29, 1.82) is 0 Å². The highest BCUT2D eigenvalue weighted by Crippen LogP contribution is 2.44. The molecule has 27 heavy (non-hydrogen) atoms. The van der Waals surface area contributed by atoms with E-state index in [-0.39, 0.29) is 52.4 Å². The quantitative estimate of drug-likeness (QED) is 0.426. The van der Waals surface area contributed by atoms with Crippen LogP contribution in [0.4, 0.5) is 0 Å². The van der Waals surface area contributed by atoms with E-state index in [9.17, 15) is 24.3 Å². The number of amides is 4. The van der Waals surface area contributed by atoms with Crippen LogP contribution >= 0.6 is 0 Å². The summed E-state index contributed by atoms with van der Waals surface area (Å²) in [6.45, 7) is 1.16. The van der Waals surface area contributed by atoms with Gasteiger partial charge in [0.05, 0.1) is 11.5 Å². The average Bonchev–Trinajstić information content (AvgIpc) is 3.28. The Morgan fingerprint density at radius 2 is 1.93 bits per heavy atom. The molecule has 1 aromatic carbocycles. The molecule has 1 atom stereocenters. The normalized spacial score (nSPS) is 19.9. The van der Waals surface area contributed by atoms with Gasteiger partial charge in [-0.25, -0.2) is 0 Å². The van der Waals surface area contributed by atoms with Crippen LogP contribution in [-0.4, -0.2) is 48.4 Å². The van der Waals surface area contributed by atoms with Gasteiger partial charge in [0.2, 0.25) is 11.8 Å². The minimum Gasteiger partial charge on any atom is -0.507 e. The van der Waals surface area contributed by atoms with Gasteiger partial charge in [0, 0.05) is 37.0 Å². The molecule has 1 heterocycles. The van der Waals surface area contributed by atoms with Gasteiger partial charge >= 0.3 is 0 Å². The minimum atomic E-state index is -0.816. The maximum absolute atomic E-state index is 12.3. The van der Waals surface area contributed by atoms with Crippen molar-refractivity contribution in [2.45, 2.75) is 19.3 Å². The van der Waals surface area contributed by atoms with Crippen LogP contribution in [0.3, 0.4) is 0 Å². The highest BCUT2D eigenvalue weighted by Gasteiger charge is 2.43. The van der Waals surface area contributed by atoms with Gasteiger partial charge in [-0.3, -0.25) is 19.2 Å². The van der Waals surface area contributed by atoms with E-state index in [2.05, 4.69) is 16.0 Å². The molecule has 6 N–H and O–H groups in total. The van der Waals surface area contributed by atoms with Gasteiger partial charge in [-0.05, 0) is 31.0 Å². The zero-order valence-corrected chi connectivity index (χ0v) is 14.7. The van der Waals surface area contributed by atoms with Crippen molar-refractivity contribution in [1.82, 2.24) is 16.0 Å². The zero-order valence-electron chi connectivity index (χ0n) is 14.7. The fraction of sp³-hybridized carbons (Fsp3) is 0.444. The van der Waals surface area contributed by atoms with Gasteiger partial charge in [0.15, 0.2) is 0 Å². The summed E-state index contributed by atoms with van der Waals surface area (Å²) in [5.41, 5.74) is 5.08. The van der Waals surface area contributed by atoms with Crippen molar-refractivity contribution in [2.75, 3.05) is 19.6 Å². The number of hydrogen-bond acceptors (Lipinski definition) is 5. The predicted molar refractivity (Wildman–Crippen MR) is 94.8 cm³/mol. The first kappa shape index (κ1) is 18.7. The van der Waals surface area contributed by atoms with E-state index >= 15 is 0 Å². The topological polar surface area (TPSA) is 151 Å². The zero-order chi connectivity index (χ0) is 19.6. The van der Waals surface area contributed by atoms with E-state index in [4.69, 9.17) is 5.73 Å². The van der Waals surface area contributed by atoms with Crippen molar-refractivity contribution in [3.8, 4) is 5.75 Å². The number of nitrogens with one attached hydrogen (secondary N) is 3. The van der Waals surface area contributed by atoms with Gasteiger partial charge in [-0.2, -0.15) is 0 Å². The van der Waals surface area contributed by atoms with Crippen LogP contribution < -0.4 is 21.7 Å². The monoisotopic (exact) mass is 374 g/mol. The van der Waals surface area contributed by atoms with E-state index in [1.54, 1.807) is 0 Å². The number of phenols is 1. The molecule has 1 aliphatic carbocycles. The molecule has 1 aliphatic heterocycles. The highest BCUT2D eigenvalue weighted by atomic mass is 16.3. The molecule has 9 heteroatoms. The predicted octanol–water partition coefficient (Wildman–Crippen LogP) is -0.747. The van der Waals surface area contributed by atoms with Gasteiger partial charge in [-0.1, -0.05) is 0 Å². The molecule has 0 bridgehead atoms. The van der Waals surface area contributed by atoms with E-state index in [1.165, 1.54) is 18.2 Å². The Labute approximate surface area is 155 Å². The SMILES string of the molecule is NC(=O)c1cc(C(=O)NCC2(CNC(=O)[C@H]3CNC(=O)C3)CC2)ccc1O. The molecule has 3 rings (SSSR count). The van der Waals surface area contributed by atoms with E-state index < -0.39 is 5.91 Å². The molecule has 1 saturated heterocycles. The molecule has 1 saturated carbocycles. The van der Waals surface area contributed by atoms with Gasteiger partial charge in [0.1, 0.15) is 5.75 Å². The van der Waals surface area contributed by atoms with E-state index in [0.29, 0.717) is 19.6 Å². The molecule has 144 valence electrons. The van der Waals surface area contributed by atoms with Gasteiger partial charge < -0.3 is 26.8 Å².